The lowest BCUT2D eigenvalue weighted by Gasteiger charge is -2.29. The molecule has 2 aliphatic carbocycles. The first-order valence-electron chi connectivity index (χ1n) is 19.7. The van der Waals surface area contributed by atoms with Crippen LogP contribution in [-0.4, -0.2) is 0 Å². The minimum atomic E-state index is -0.0982. The molecule has 1 heterocycles. The Morgan fingerprint density at radius 1 is 0.375 bits per heavy atom. The third-order valence-corrected chi connectivity index (χ3v) is 13.8. The van der Waals surface area contributed by atoms with E-state index in [4.69, 9.17) is 0 Å². The van der Waals surface area contributed by atoms with Gasteiger partial charge in [-0.2, -0.15) is 0 Å². The summed E-state index contributed by atoms with van der Waals surface area (Å²) in [5.74, 6) is 0. The predicted octanol–water partition coefficient (Wildman–Crippen LogP) is 15.5. The molecule has 11 rings (SSSR count). The summed E-state index contributed by atoms with van der Waals surface area (Å²) in [6.45, 7) is 9.44. The summed E-state index contributed by atoms with van der Waals surface area (Å²) >= 11 is 1.87. The minimum Gasteiger partial charge on any atom is -0.310 e. The smallest absolute Gasteiger partial charge is 0.0543 e. The molecule has 0 N–H and O–H groups in total. The fourth-order valence-corrected chi connectivity index (χ4v) is 10.9. The molecule has 0 spiro atoms. The van der Waals surface area contributed by atoms with E-state index in [1.165, 1.54) is 92.6 Å². The second kappa shape index (κ2) is 12.1. The first-order chi connectivity index (χ1) is 27.3. The van der Waals surface area contributed by atoms with Gasteiger partial charge < -0.3 is 4.90 Å². The summed E-state index contributed by atoms with van der Waals surface area (Å²) in [6, 6.07) is 65.8. The second-order valence-corrected chi connectivity index (χ2v) is 17.6. The molecule has 8 aromatic carbocycles. The van der Waals surface area contributed by atoms with Gasteiger partial charge in [0.05, 0.1) is 5.69 Å². The van der Waals surface area contributed by atoms with E-state index in [1.54, 1.807) is 0 Å². The summed E-state index contributed by atoms with van der Waals surface area (Å²) in [4.78, 5) is 2.48. The summed E-state index contributed by atoms with van der Waals surface area (Å²) in [5, 5.41) is 2.64. The summed E-state index contributed by atoms with van der Waals surface area (Å²) in [5.41, 5.74) is 19.1. The zero-order valence-corrected chi connectivity index (χ0v) is 32.9. The van der Waals surface area contributed by atoms with Gasteiger partial charge in [-0.25, -0.2) is 0 Å². The van der Waals surface area contributed by atoms with E-state index in [-0.39, 0.29) is 10.8 Å². The lowest BCUT2D eigenvalue weighted by Crippen LogP contribution is -2.16. The summed E-state index contributed by atoms with van der Waals surface area (Å²) in [6.07, 6.45) is 0. The zero-order chi connectivity index (χ0) is 37.8. The third kappa shape index (κ3) is 4.85. The number of benzene rings is 8. The Kier molecular flexibility index (Phi) is 7.18. The molecule has 0 amide bonds. The molecular formula is C54H41NS. The highest BCUT2D eigenvalue weighted by Crippen LogP contribution is 2.55. The molecule has 0 bridgehead atoms. The number of hydrogen-bond donors (Lipinski definition) is 0. The van der Waals surface area contributed by atoms with Gasteiger partial charge in [0, 0.05) is 47.9 Å². The molecule has 1 aromatic heterocycles. The molecule has 2 heteroatoms. The Balaban J connectivity index is 1.06. The maximum Gasteiger partial charge on any atom is 0.0543 e. The first kappa shape index (κ1) is 33.1. The molecule has 0 atom stereocenters. The third-order valence-electron chi connectivity index (χ3n) is 12.7. The molecule has 0 aliphatic heterocycles. The number of rotatable bonds is 5. The van der Waals surface area contributed by atoms with Gasteiger partial charge in [-0.3, -0.25) is 0 Å². The van der Waals surface area contributed by atoms with Crippen LogP contribution < -0.4 is 4.90 Å². The van der Waals surface area contributed by atoms with Crippen LogP contribution in [0.2, 0.25) is 0 Å². The van der Waals surface area contributed by atoms with Crippen molar-refractivity contribution in [1.82, 2.24) is 0 Å². The maximum atomic E-state index is 2.48. The number of thiophene rings is 1. The van der Waals surface area contributed by atoms with Crippen LogP contribution in [0.15, 0.2) is 176 Å². The summed E-state index contributed by atoms with van der Waals surface area (Å²) in [7, 11) is 0. The van der Waals surface area contributed by atoms with Crippen molar-refractivity contribution in [1.29, 1.82) is 0 Å². The highest BCUT2D eigenvalue weighted by atomic mass is 32.1. The van der Waals surface area contributed by atoms with Crippen LogP contribution in [0.5, 0.6) is 0 Å². The van der Waals surface area contributed by atoms with E-state index >= 15 is 0 Å². The van der Waals surface area contributed by atoms with Crippen molar-refractivity contribution in [2.45, 2.75) is 38.5 Å². The Morgan fingerprint density at radius 3 is 1.80 bits per heavy atom. The van der Waals surface area contributed by atoms with Crippen LogP contribution in [0.3, 0.4) is 0 Å². The monoisotopic (exact) mass is 735 g/mol. The molecule has 268 valence electrons. The SMILES string of the molecule is CC1(C)c2ccccc2-c2ccc(-c3ccc(N(c4cccc(-c5ccc6sc7ccccc7c6c5)c4)c4cccc5c4-c4ccccc4C5(C)C)cc3)cc21. The van der Waals surface area contributed by atoms with Crippen molar-refractivity contribution in [3.05, 3.63) is 198 Å². The number of fused-ring (bicyclic) bond motifs is 9. The average molecular weight is 736 g/mol. The highest BCUT2D eigenvalue weighted by molar-refractivity contribution is 7.25. The van der Waals surface area contributed by atoms with Crippen molar-refractivity contribution >= 4 is 48.6 Å². The molecular weight excluding hydrogens is 695 g/mol. The lowest BCUT2D eigenvalue weighted by atomic mass is 9.81. The second-order valence-electron chi connectivity index (χ2n) is 16.5. The topological polar surface area (TPSA) is 3.24 Å². The molecule has 0 unspecified atom stereocenters. The van der Waals surface area contributed by atoms with Gasteiger partial charge in [0.15, 0.2) is 0 Å². The zero-order valence-electron chi connectivity index (χ0n) is 32.1. The van der Waals surface area contributed by atoms with E-state index in [0.29, 0.717) is 0 Å². The van der Waals surface area contributed by atoms with Crippen LogP contribution in [-0.2, 0) is 10.8 Å². The van der Waals surface area contributed by atoms with Gasteiger partial charge in [-0.05, 0) is 116 Å². The fraction of sp³-hybridized carbons (Fsp3) is 0.111. The molecule has 0 fully saturated rings. The molecule has 0 radical (unpaired) electrons. The molecule has 0 saturated carbocycles. The fourth-order valence-electron chi connectivity index (χ4n) is 9.77. The van der Waals surface area contributed by atoms with E-state index in [9.17, 15) is 0 Å². The summed E-state index contributed by atoms with van der Waals surface area (Å²) < 4.78 is 2.66. The Hall–Kier alpha value is -6.22. The molecule has 2 aliphatic rings. The number of anilines is 3. The van der Waals surface area contributed by atoms with Crippen molar-refractivity contribution in [3.8, 4) is 44.5 Å². The van der Waals surface area contributed by atoms with Gasteiger partial charge in [0.25, 0.3) is 0 Å². The quantitative estimate of drug-likeness (QED) is 0.170. The first-order valence-corrected chi connectivity index (χ1v) is 20.5. The molecule has 56 heavy (non-hydrogen) atoms. The van der Waals surface area contributed by atoms with Crippen LogP contribution in [0.1, 0.15) is 49.9 Å². The van der Waals surface area contributed by atoms with E-state index in [0.717, 1.165) is 11.4 Å². The number of hydrogen-bond acceptors (Lipinski definition) is 2. The van der Waals surface area contributed by atoms with Gasteiger partial charge >= 0.3 is 0 Å². The van der Waals surface area contributed by atoms with Gasteiger partial charge in [0.1, 0.15) is 0 Å². The van der Waals surface area contributed by atoms with Crippen molar-refractivity contribution in [2.75, 3.05) is 4.90 Å². The predicted molar refractivity (Wildman–Crippen MR) is 240 cm³/mol. The van der Waals surface area contributed by atoms with Crippen molar-refractivity contribution in [2.24, 2.45) is 0 Å². The largest absolute Gasteiger partial charge is 0.310 e. The van der Waals surface area contributed by atoms with Crippen LogP contribution >= 0.6 is 11.3 Å². The van der Waals surface area contributed by atoms with Crippen molar-refractivity contribution < 1.29 is 0 Å². The minimum absolute atomic E-state index is 0.0392. The Morgan fingerprint density at radius 2 is 0.964 bits per heavy atom. The average Bonchev–Trinajstić information content (AvgIpc) is 3.81. The Labute approximate surface area is 333 Å². The molecule has 0 saturated heterocycles. The van der Waals surface area contributed by atoms with E-state index in [2.05, 4.69) is 209 Å². The molecule has 9 aromatic rings. The van der Waals surface area contributed by atoms with Crippen molar-refractivity contribution in [3.63, 3.8) is 0 Å². The standard InChI is InChI=1S/C54H41NS/c1-53(2)46-19-9-6-17-43(46)52-47(53)20-12-21-49(52)55(39-14-11-13-35(31-39)36-26-30-51-44(32-36)42-16-7-10-22-50(42)56-51)38-27-23-34(24-28-38)37-25-29-41-40-15-5-8-18-45(40)54(3,4)48(41)33-37/h5-33H,1-4H3. The van der Waals surface area contributed by atoms with Crippen LogP contribution in [0.4, 0.5) is 17.1 Å². The maximum absolute atomic E-state index is 2.48. The van der Waals surface area contributed by atoms with E-state index < -0.39 is 0 Å². The lowest BCUT2D eigenvalue weighted by molar-refractivity contribution is 0.660. The van der Waals surface area contributed by atoms with Gasteiger partial charge in [-0.15, -0.1) is 11.3 Å². The van der Waals surface area contributed by atoms with Gasteiger partial charge in [0.2, 0.25) is 0 Å². The Bertz CT molecular complexity index is 3030. The van der Waals surface area contributed by atoms with Gasteiger partial charge in [-0.1, -0.05) is 149 Å². The van der Waals surface area contributed by atoms with Crippen LogP contribution in [0, 0.1) is 0 Å². The molecule has 1 nitrogen and oxygen atoms in total. The van der Waals surface area contributed by atoms with E-state index in [1.807, 2.05) is 11.3 Å². The van der Waals surface area contributed by atoms with Crippen LogP contribution in [0.25, 0.3) is 64.7 Å². The normalized spacial score (nSPS) is 14.4. The highest BCUT2D eigenvalue weighted by Gasteiger charge is 2.38. The number of nitrogens with zero attached hydrogens (tertiary/aromatic N) is 1.